The lowest BCUT2D eigenvalue weighted by Crippen LogP contribution is -2.10. The molecule has 0 heterocycles. The lowest BCUT2D eigenvalue weighted by atomic mass is 10.0. The van der Waals surface area contributed by atoms with Gasteiger partial charge in [0.25, 0.3) is 0 Å². The van der Waals surface area contributed by atoms with E-state index in [4.69, 9.17) is 0 Å². The van der Waals surface area contributed by atoms with Crippen LogP contribution < -0.4 is 9.80 Å². The number of aliphatic hydroxyl groups is 4. The van der Waals surface area contributed by atoms with Crippen molar-refractivity contribution in [3.8, 4) is 11.1 Å². The van der Waals surface area contributed by atoms with Crippen molar-refractivity contribution >= 4 is 34.1 Å². The van der Waals surface area contributed by atoms with Gasteiger partial charge in [0, 0.05) is 47.3 Å². The van der Waals surface area contributed by atoms with Crippen molar-refractivity contribution in [2.24, 2.45) is 0 Å². The Morgan fingerprint density at radius 2 is 0.521 bits per heavy atom. The predicted octanol–water partition coefficient (Wildman–Crippen LogP) is 8.35. The highest BCUT2D eigenvalue weighted by Gasteiger charge is 2.15. The largest absolute Gasteiger partial charge is 0.396 e. The van der Waals surface area contributed by atoms with Gasteiger partial charge in [-0.05, 0) is 119 Å². The Hall–Kier alpha value is -5.24. The molecule has 0 aromatic heterocycles. The minimum Gasteiger partial charge on any atom is -0.396 e. The standard InChI is InChI=1S/C42H40N2O4/c45-27-25-31-1-13-37(14-2-31)43(38-15-3-32(4-16-38)26-28-46)41-21-9-35(10-22-41)36-11-23-42(24-12-36)44(39-17-5-33(29-47)6-18-39)40-19-7-34(30-48)8-20-40/h1-24,45-48H,25-30H2. The van der Waals surface area contributed by atoms with Crippen molar-refractivity contribution in [1.82, 2.24) is 0 Å². The predicted molar refractivity (Wildman–Crippen MR) is 195 cm³/mol. The fourth-order valence-corrected chi connectivity index (χ4v) is 5.88. The summed E-state index contributed by atoms with van der Waals surface area (Å²) in [6.07, 6.45) is 1.24. The van der Waals surface area contributed by atoms with Crippen LogP contribution in [0.4, 0.5) is 34.1 Å². The van der Waals surface area contributed by atoms with Gasteiger partial charge in [0.1, 0.15) is 0 Å². The van der Waals surface area contributed by atoms with E-state index in [1.165, 1.54) is 0 Å². The van der Waals surface area contributed by atoms with Crippen molar-refractivity contribution in [3.63, 3.8) is 0 Å². The highest BCUT2D eigenvalue weighted by molar-refractivity contribution is 5.81. The topological polar surface area (TPSA) is 87.4 Å². The third-order valence-electron chi connectivity index (χ3n) is 8.53. The number of aliphatic hydroxyl groups excluding tert-OH is 4. The highest BCUT2D eigenvalue weighted by atomic mass is 16.3. The molecule has 0 fully saturated rings. The Labute approximate surface area is 282 Å². The average Bonchev–Trinajstić information content (AvgIpc) is 3.15. The minimum absolute atomic E-state index is 0.00939. The van der Waals surface area contributed by atoms with Gasteiger partial charge in [-0.25, -0.2) is 0 Å². The molecule has 6 aromatic carbocycles. The molecule has 0 atom stereocenters. The summed E-state index contributed by atoms with van der Waals surface area (Å²) >= 11 is 0. The van der Waals surface area contributed by atoms with E-state index in [1.54, 1.807) is 0 Å². The summed E-state index contributed by atoms with van der Waals surface area (Å²) in [5.74, 6) is 0. The minimum atomic E-state index is -0.00939. The Kier molecular flexibility index (Phi) is 10.6. The van der Waals surface area contributed by atoms with Crippen LogP contribution in [0.5, 0.6) is 0 Å². The van der Waals surface area contributed by atoms with Gasteiger partial charge in [0.05, 0.1) is 13.2 Å². The molecular formula is C42H40N2O4. The SMILES string of the molecule is OCCc1ccc(N(c2ccc(CCO)cc2)c2ccc(-c3ccc(N(c4ccc(CO)cc4)c4ccc(CO)cc4)cc3)cc2)cc1. The quantitative estimate of drug-likeness (QED) is 0.102. The number of benzene rings is 6. The van der Waals surface area contributed by atoms with E-state index in [-0.39, 0.29) is 26.4 Å². The van der Waals surface area contributed by atoms with E-state index < -0.39 is 0 Å². The summed E-state index contributed by atoms with van der Waals surface area (Å²) in [5, 5.41) is 37.9. The molecule has 0 bridgehead atoms. The normalized spacial score (nSPS) is 11.0. The molecule has 0 unspecified atom stereocenters. The first-order valence-electron chi connectivity index (χ1n) is 16.2. The molecule has 6 aromatic rings. The second-order valence-electron chi connectivity index (χ2n) is 11.7. The number of rotatable bonds is 13. The molecule has 242 valence electrons. The van der Waals surface area contributed by atoms with E-state index in [0.717, 1.165) is 67.5 Å². The van der Waals surface area contributed by atoms with Gasteiger partial charge in [-0.15, -0.1) is 0 Å². The highest BCUT2D eigenvalue weighted by Crippen LogP contribution is 2.38. The van der Waals surface area contributed by atoms with Gasteiger partial charge in [-0.3, -0.25) is 0 Å². The molecule has 48 heavy (non-hydrogen) atoms. The van der Waals surface area contributed by atoms with Gasteiger partial charge in [0.2, 0.25) is 0 Å². The first kappa shape index (κ1) is 32.7. The van der Waals surface area contributed by atoms with Crippen LogP contribution in [0.15, 0.2) is 146 Å². The van der Waals surface area contributed by atoms with Crippen LogP contribution in [0.3, 0.4) is 0 Å². The van der Waals surface area contributed by atoms with Gasteiger partial charge < -0.3 is 30.2 Å². The molecule has 0 aliphatic heterocycles. The third-order valence-corrected chi connectivity index (χ3v) is 8.53. The van der Waals surface area contributed by atoms with Crippen LogP contribution in [0.1, 0.15) is 22.3 Å². The van der Waals surface area contributed by atoms with Gasteiger partial charge in [-0.1, -0.05) is 72.8 Å². The monoisotopic (exact) mass is 636 g/mol. The van der Waals surface area contributed by atoms with Crippen molar-refractivity contribution in [2.45, 2.75) is 26.1 Å². The number of hydrogen-bond acceptors (Lipinski definition) is 6. The van der Waals surface area contributed by atoms with Crippen molar-refractivity contribution in [3.05, 3.63) is 168 Å². The molecule has 0 aliphatic carbocycles. The molecular weight excluding hydrogens is 596 g/mol. The van der Waals surface area contributed by atoms with Crippen LogP contribution in [0.25, 0.3) is 11.1 Å². The summed E-state index contributed by atoms with van der Waals surface area (Å²) in [4.78, 5) is 4.37. The average molecular weight is 637 g/mol. The summed E-state index contributed by atoms with van der Waals surface area (Å²) in [6.45, 7) is 0.214. The maximum absolute atomic E-state index is 9.56. The molecule has 4 N–H and O–H groups in total. The Bertz CT molecular complexity index is 1770. The van der Waals surface area contributed by atoms with Crippen LogP contribution in [0, 0.1) is 0 Å². The lowest BCUT2D eigenvalue weighted by Gasteiger charge is -2.26. The lowest BCUT2D eigenvalue weighted by molar-refractivity contribution is 0.281. The third kappa shape index (κ3) is 7.49. The zero-order valence-electron chi connectivity index (χ0n) is 26.8. The van der Waals surface area contributed by atoms with Crippen molar-refractivity contribution in [1.29, 1.82) is 0 Å². The summed E-state index contributed by atoms with van der Waals surface area (Å²) in [7, 11) is 0. The van der Waals surface area contributed by atoms with Crippen LogP contribution in [-0.2, 0) is 26.1 Å². The summed E-state index contributed by atoms with van der Waals surface area (Å²) in [6, 6.07) is 49.3. The molecule has 0 saturated heterocycles. The molecule has 0 amide bonds. The molecule has 0 spiro atoms. The smallest absolute Gasteiger partial charge is 0.0681 e. The molecule has 6 nitrogen and oxygen atoms in total. The van der Waals surface area contributed by atoms with Crippen LogP contribution in [0.2, 0.25) is 0 Å². The van der Waals surface area contributed by atoms with E-state index in [0.29, 0.717) is 12.8 Å². The maximum Gasteiger partial charge on any atom is 0.0681 e. The summed E-state index contributed by atoms with van der Waals surface area (Å²) in [5.41, 5.74) is 12.0. The van der Waals surface area contributed by atoms with Crippen molar-refractivity contribution in [2.75, 3.05) is 23.0 Å². The number of anilines is 6. The fraction of sp³-hybridized carbons (Fsp3) is 0.143. The van der Waals surface area contributed by atoms with E-state index in [1.807, 2.05) is 48.5 Å². The summed E-state index contributed by atoms with van der Waals surface area (Å²) < 4.78 is 0. The molecule has 0 radical (unpaired) electrons. The van der Waals surface area contributed by atoms with Gasteiger partial charge in [-0.2, -0.15) is 0 Å². The first-order chi connectivity index (χ1) is 23.6. The van der Waals surface area contributed by atoms with Crippen molar-refractivity contribution < 1.29 is 20.4 Å². The molecule has 0 aliphatic rings. The zero-order chi connectivity index (χ0) is 33.3. The van der Waals surface area contributed by atoms with Crippen LogP contribution >= 0.6 is 0 Å². The number of nitrogens with zero attached hydrogens (tertiary/aromatic N) is 2. The molecule has 6 rings (SSSR count). The fourth-order valence-electron chi connectivity index (χ4n) is 5.88. The van der Waals surface area contributed by atoms with E-state index in [9.17, 15) is 20.4 Å². The second kappa shape index (κ2) is 15.6. The van der Waals surface area contributed by atoms with Crippen LogP contribution in [-0.4, -0.2) is 33.6 Å². The Balaban J connectivity index is 1.30. The zero-order valence-corrected chi connectivity index (χ0v) is 26.8. The second-order valence-corrected chi connectivity index (χ2v) is 11.7. The Morgan fingerprint density at radius 1 is 0.292 bits per heavy atom. The van der Waals surface area contributed by atoms with Gasteiger partial charge >= 0.3 is 0 Å². The maximum atomic E-state index is 9.56. The van der Waals surface area contributed by atoms with E-state index >= 15 is 0 Å². The number of hydrogen-bond donors (Lipinski definition) is 4. The van der Waals surface area contributed by atoms with Gasteiger partial charge in [0.15, 0.2) is 0 Å². The van der Waals surface area contributed by atoms with E-state index in [2.05, 4.69) is 107 Å². The first-order valence-corrected chi connectivity index (χ1v) is 16.2. The molecule has 6 heteroatoms. The molecule has 0 saturated carbocycles. The Morgan fingerprint density at radius 3 is 0.750 bits per heavy atom.